The van der Waals surface area contributed by atoms with Gasteiger partial charge in [0.25, 0.3) is 0 Å². The lowest BCUT2D eigenvalue weighted by Gasteiger charge is -2.40. The monoisotopic (exact) mass is 211 g/mol. The summed E-state index contributed by atoms with van der Waals surface area (Å²) in [6.45, 7) is 3.43. The smallest absolute Gasteiger partial charge is 0.0580 e. The zero-order valence-electron chi connectivity index (χ0n) is 10.2. The van der Waals surface area contributed by atoms with Gasteiger partial charge >= 0.3 is 0 Å². The molecular weight excluding hydrogens is 186 g/mol. The van der Waals surface area contributed by atoms with E-state index in [9.17, 15) is 5.11 Å². The summed E-state index contributed by atoms with van der Waals surface area (Å²) in [6.07, 6.45) is 7.55. The van der Waals surface area contributed by atoms with Crippen LogP contribution in [0.3, 0.4) is 0 Å². The third-order valence-corrected chi connectivity index (χ3v) is 4.43. The molecule has 2 heteroatoms. The predicted octanol–water partition coefficient (Wildman–Crippen LogP) is 2.27. The lowest BCUT2D eigenvalue weighted by Crippen LogP contribution is -2.43. The lowest BCUT2D eigenvalue weighted by molar-refractivity contribution is 0.0196. The van der Waals surface area contributed by atoms with Gasteiger partial charge in [-0.3, -0.25) is 0 Å². The molecule has 2 aliphatic rings. The van der Waals surface area contributed by atoms with E-state index in [0.29, 0.717) is 5.92 Å². The van der Waals surface area contributed by atoms with E-state index in [4.69, 9.17) is 0 Å². The van der Waals surface area contributed by atoms with Crippen LogP contribution in [0.25, 0.3) is 0 Å². The molecule has 0 heterocycles. The molecule has 0 saturated heterocycles. The average Bonchev–Trinajstić information content (AvgIpc) is 2.08. The molecule has 88 valence electrons. The molecule has 0 aromatic heterocycles. The molecule has 2 rings (SSSR count). The highest BCUT2D eigenvalue weighted by Crippen LogP contribution is 2.31. The Bertz CT molecular complexity index is 203. The Balaban J connectivity index is 1.80. The number of rotatable bonds is 3. The second-order valence-corrected chi connectivity index (χ2v) is 5.77. The maximum atomic E-state index is 9.98. The van der Waals surface area contributed by atoms with E-state index >= 15 is 0 Å². The highest BCUT2D eigenvalue weighted by molar-refractivity contribution is 4.84. The molecule has 0 aromatic rings. The second-order valence-electron chi connectivity index (χ2n) is 5.77. The summed E-state index contributed by atoms with van der Waals surface area (Å²) in [7, 11) is 2.23. The van der Waals surface area contributed by atoms with Crippen LogP contribution < -0.4 is 0 Å². The molecular formula is C13H25NO. The van der Waals surface area contributed by atoms with E-state index < -0.39 is 0 Å². The van der Waals surface area contributed by atoms with E-state index in [1.807, 2.05) is 0 Å². The van der Waals surface area contributed by atoms with Gasteiger partial charge in [-0.15, -0.1) is 0 Å². The van der Waals surface area contributed by atoms with Crippen LogP contribution in [-0.4, -0.2) is 35.7 Å². The van der Waals surface area contributed by atoms with Gasteiger partial charge in [0.1, 0.15) is 0 Å². The molecule has 3 atom stereocenters. The fourth-order valence-electron chi connectivity index (χ4n) is 3.03. The third-order valence-electron chi connectivity index (χ3n) is 4.43. The van der Waals surface area contributed by atoms with Gasteiger partial charge in [0.2, 0.25) is 0 Å². The van der Waals surface area contributed by atoms with Crippen molar-refractivity contribution in [3.8, 4) is 0 Å². The Labute approximate surface area is 93.7 Å². The Morgan fingerprint density at radius 1 is 1.20 bits per heavy atom. The van der Waals surface area contributed by atoms with Crippen LogP contribution in [-0.2, 0) is 0 Å². The molecule has 0 bridgehead atoms. The highest BCUT2D eigenvalue weighted by atomic mass is 16.3. The van der Waals surface area contributed by atoms with Crippen LogP contribution in [0.15, 0.2) is 0 Å². The first kappa shape index (κ1) is 11.4. The zero-order chi connectivity index (χ0) is 10.8. The van der Waals surface area contributed by atoms with Crippen LogP contribution >= 0.6 is 0 Å². The van der Waals surface area contributed by atoms with Gasteiger partial charge in [-0.25, -0.2) is 0 Å². The normalized spacial score (nSPS) is 38.0. The fraction of sp³-hybridized carbons (Fsp3) is 1.00. The van der Waals surface area contributed by atoms with Gasteiger partial charge in [0.15, 0.2) is 0 Å². The van der Waals surface area contributed by atoms with E-state index in [2.05, 4.69) is 18.9 Å². The standard InChI is InChI=1S/C13H25NO/c1-10-6-7-13(15)11(8-10)9-14(2)12-4-3-5-12/h10-13,15H,3-9H2,1-2H3. The van der Waals surface area contributed by atoms with Gasteiger partial charge in [-0.1, -0.05) is 13.3 Å². The van der Waals surface area contributed by atoms with Crippen LogP contribution in [0.1, 0.15) is 45.4 Å². The van der Waals surface area contributed by atoms with E-state index in [1.54, 1.807) is 0 Å². The van der Waals surface area contributed by atoms with Crippen LogP contribution in [0.2, 0.25) is 0 Å². The SMILES string of the molecule is CC1CCC(O)C(CN(C)C2CCC2)C1. The van der Waals surface area contributed by atoms with E-state index in [0.717, 1.165) is 24.9 Å². The average molecular weight is 211 g/mol. The quantitative estimate of drug-likeness (QED) is 0.774. The maximum absolute atomic E-state index is 9.98. The molecule has 0 aliphatic heterocycles. The number of nitrogens with zero attached hydrogens (tertiary/aromatic N) is 1. The largest absolute Gasteiger partial charge is 0.393 e. The minimum absolute atomic E-state index is 0.0382. The number of aliphatic hydroxyl groups is 1. The van der Waals surface area contributed by atoms with Crippen molar-refractivity contribution in [1.29, 1.82) is 0 Å². The number of aliphatic hydroxyl groups excluding tert-OH is 1. The van der Waals surface area contributed by atoms with Gasteiger partial charge < -0.3 is 10.0 Å². The highest BCUT2D eigenvalue weighted by Gasteiger charge is 2.30. The third kappa shape index (κ3) is 2.73. The summed E-state index contributed by atoms with van der Waals surface area (Å²) < 4.78 is 0. The molecule has 0 radical (unpaired) electrons. The molecule has 1 N–H and O–H groups in total. The summed E-state index contributed by atoms with van der Waals surface area (Å²) in [5.74, 6) is 1.34. The Kier molecular flexibility index (Phi) is 3.68. The Morgan fingerprint density at radius 2 is 1.93 bits per heavy atom. The summed E-state index contributed by atoms with van der Waals surface area (Å²) in [5, 5.41) is 9.98. The van der Waals surface area contributed by atoms with Gasteiger partial charge in [-0.2, -0.15) is 0 Å². The van der Waals surface area contributed by atoms with Gasteiger partial charge in [0.05, 0.1) is 6.10 Å². The topological polar surface area (TPSA) is 23.5 Å². The van der Waals surface area contributed by atoms with Gasteiger partial charge in [-0.05, 0) is 51.0 Å². The van der Waals surface area contributed by atoms with Crippen molar-refractivity contribution in [2.45, 2.75) is 57.6 Å². The van der Waals surface area contributed by atoms with Crippen molar-refractivity contribution in [3.63, 3.8) is 0 Å². The Morgan fingerprint density at radius 3 is 2.53 bits per heavy atom. The summed E-state index contributed by atoms with van der Waals surface area (Å²) in [6, 6.07) is 0.814. The predicted molar refractivity (Wildman–Crippen MR) is 62.8 cm³/mol. The van der Waals surface area contributed by atoms with Crippen molar-refractivity contribution in [3.05, 3.63) is 0 Å². The van der Waals surface area contributed by atoms with Crippen molar-refractivity contribution < 1.29 is 5.11 Å². The first-order chi connectivity index (χ1) is 7.16. The number of hydrogen-bond donors (Lipinski definition) is 1. The molecule has 3 unspecified atom stereocenters. The Hall–Kier alpha value is -0.0800. The van der Waals surface area contributed by atoms with Crippen molar-refractivity contribution in [2.24, 2.45) is 11.8 Å². The van der Waals surface area contributed by atoms with Gasteiger partial charge in [0, 0.05) is 12.6 Å². The summed E-state index contributed by atoms with van der Waals surface area (Å²) >= 11 is 0. The van der Waals surface area contributed by atoms with Crippen LogP contribution in [0, 0.1) is 11.8 Å². The molecule has 0 spiro atoms. The zero-order valence-corrected chi connectivity index (χ0v) is 10.2. The lowest BCUT2D eigenvalue weighted by atomic mass is 9.79. The molecule has 2 fully saturated rings. The molecule has 2 nitrogen and oxygen atoms in total. The second kappa shape index (κ2) is 4.84. The fourth-order valence-corrected chi connectivity index (χ4v) is 3.03. The maximum Gasteiger partial charge on any atom is 0.0580 e. The number of hydrogen-bond acceptors (Lipinski definition) is 2. The van der Waals surface area contributed by atoms with Crippen molar-refractivity contribution in [1.82, 2.24) is 4.90 Å². The molecule has 2 saturated carbocycles. The summed E-state index contributed by atoms with van der Waals surface area (Å²) in [5.41, 5.74) is 0. The van der Waals surface area contributed by atoms with Crippen molar-refractivity contribution >= 4 is 0 Å². The van der Waals surface area contributed by atoms with Crippen LogP contribution in [0.4, 0.5) is 0 Å². The molecule has 2 aliphatic carbocycles. The minimum atomic E-state index is -0.0382. The molecule has 0 amide bonds. The summed E-state index contributed by atoms with van der Waals surface area (Å²) in [4.78, 5) is 2.48. The molecule has 15 heavy (non-hydrogen) atoms. The van der Waals surface area contributed by atoms with Crippen LogP contribution in [0.5, 0.6) is 0 Å². The minimum Gasteiger partial charge on any atom is -0.393 e. The van der Waals surface area contributed by atoms with Crippen molar-refractivity contribution in [2.75, 3.05) is 13.6 Å². The van der Waals surface area contributed by atoms with E-state index in [1.165, 1.54) is 32.1 Å². The molecule has 0 aromatic carbocycles. The first-order valence-electron chi connectivity index (χ1n) is 6.55. The first-order valence-corrected chi connectivity index (χ1v) is 6.55. The van der Waals surface area contributed by atoms with E-state index in [-0.39, 0.29) is 6.10 Å².